The first-order valence-corrected chi connectivity index (χ1v) is 10.2. The first-order valence-electron chi connectivity index (χ1n) is 10.2. The molecule has 2 saturated heterocycles. The summed E-state index contributed by atoms with van der Waals surface area (Å²) in [7, 11) is 0. The number of hydrogen-bond donors (Lipinski definition) is 1. The highest BCUT2D eigenvalue weighted by Gasteiger charge is 2.49. The SMILES string of the molecule is Cc1ccc(CN2CC[C@H](N3CC[C@H](c4ccc(O)cc4)C(F)(F)C3)C2=O)cc1F. The van der Waals surface area contributed by atoms with Crippen molar-refractivity contribution in [3.8, 4) is 5.75 Å². The number of aryl methyl sites for hydroxylation is 1. The number of nitrogens with zero attached hydrogens (tertiary/aromatic N) is 2. The average Bonchev–Trinajstić information content (AvgIpc) is 3.05. The number of benzene rings is 2. The molecule has 1 N–H and O–H groups in total. The molecule has 0 bridgehead atoms. The second kappa shape index (κ2) is 7.95. The van der Waals surface area contributed by atoms with Crippen LogP contribution in [0.25, 0.3) is 0 Å². The highest BCUT2D eigenvalue weighted by Crippen LogP contribution is 2.42. The topological polar surface area (TPSA) is 43.8 Å². The number of carbonyl (C=O) groups excluding carboxylic acids is 1. The summed E-state index contributed by atoms with van der Waals surface area (Å²) in [6.07, 6.45) is 0.734. The molecule has 0 spiro atoms. The maximum absolute atomic E-state index is 14.9. The quantitative estimate of drug-likeness (QED) is 0.814. The van der Waals surface area contributed by atoms with Crippen LogP contribution in [0.15, 0.2) is 42.5 Å². The standard InChI is InChI=1S/C23H25F3N2O2/c1-15-2-3-16(12-20(15)24)13-27-11-9-21(22(27)30)28-10-8-19(23(25,26)14-28)17-4-6-18(29)7-5-17/h2-7,12,19,21,29H,8-11,13-14H2,1H3/t19-,21+/m1/s1. The number of hydrogen-bond acceptors (Lipinski definition) is 3. The van der Waals surface area contributed by atoms with Gasteiger partial charge in [-0.3, -0.25) is 9.69 Å². The Kier molecular flexibility index (Phi) is 5.49. The fourth-order valence-electron chi connectivity index (χ4n) is 4.52. The molecule has 30 heavy (non-hydrogen) atoms. The van der Waals surface area contributed by atoms with Crippen LogP contribution < -0.4 is 0 Å². The summed E-state index contributed by atoms with van der Waals surface area (Å²) < 4.78 is 43.7. The lowest BCUT2D eigenvalue weighted by molar-refractivity contribution is -0.138. The number of phenols is 1. The lowest BCUT2D eigenvalue weighted by Gasteiger charge is -2.40. The largest absolute Gasteiger partial charge is 0.508 e. The molecule has 1 amide bonds. The molecule has 2 aromatic rings. The van der Waals surface area contributed by atoms with Crippen LogP contribution in [0.3, 0.4) is 0 Å². The van der Waals surface area contributed by atoms with Gasteiger partial charge in [-0.2, -0.15) is 0 Å². The minimum absolute atomic E-state index is 0.0459. The predicted molar refractivity (Wildman–Crippen MR) is 107 cm³/mol. The molecule has 4 rings (SSSR count). The van der Waals surface area contributed by atoms with Crippen molar-refractivity contribution < 1.29 is 23.1 Å². The van der Waals surface area contributed by atoms with E-state index in [0.29, 0.717) is 36.2 Å². The van der Waals surface area contributed by atoms with Gasteiger partial charge in [-0.05, 0) is 61.2 Å². The Labute approximate surface area is 173 Å². The second-order valence-corrected chi connectivity index (χ2v) is 8.31. The number of carbonyl (C=O) groups is 1. The Bertz CT molecular complexity index is 933. The molecule has 0 saturated carbocycles. The molecule has 7 heteroatoms. The third-order valence-corrected chi connectivity index (χ3v) is 6.24. The molecule has 2 aromatic carbocycles. The molecule has 160 valence electrons. The van der Waals surface area contributed by atoms with Gasteiger partial charge in [0.1, 0.15) is 11.6 Å². The van der Waals surface area contributed by atoms with Gasteiger partial charge in [0.2, 0.25) is 5.91 Å². The van der Waals surface area contributed by atoms with E-state index in [1.54, 1.807) is 28.9 Å². The van der Waals surface area contributed by atoms with Crippen molar-refractivity contribution in [1.82, 2.24) is 9.80 Å². The van der Waals surface area contributed by atoms with Gasteiger partial charge in [0, 0.05) is 13.1 Å². The van der Waals surface area contributed by atoms with Crippen molar-refractivity contribution in [2.24, 2.45) is 0 Å². The number of piperidine rings is 1. The van der Waals surface area contributed by atoms with Gasteiger partial charge in [-0.25, -0.2) is 13.2 Å². The van der Waals surface area contributed by atoms with Gasteiger partial charge in [0.15, 0.2) is 0 Å². The van der Waals surface area contributed by atoms with E-state index in [0.717, 1.165) is 0 Å². The average molecular weight is 418 g/mol. The molecule has 2 fully saturated rings. The summed E-state index contributed by atoms with van der Waals surface area (Å²) in [6, 6.07) is 10.2. The van der Waals surface area contributed by atoms with Crippen LogP contribution in [0.1, 0.15) is 35.4 Å². The van der Waals surface area contributed by atoms with Gasteiger partial charge in [-0.15, -0.1) is 0 Å². The molecule has 0 radical (unpaired) electrons. The van der Waals surface area contributed by atoms with Crippen molar-refractivity contribution >= 4 is 5.91 Å². The number of aromatic hydroxyl groups is 1. The number of alkyl halides is 2. The smallest absolute Gasteiger partial charge is 0.267 e. The molecule has 0 aliphatic carbocycles. The third-order valence-electron chi connectivity index (χ3n) is 6.24. The Hall–Kier alpha value is -2.54. The van der Waals surface area contributed by atoms with E-state index < -0.39 is 24.4 Å². The van der Waals surface area contributed by atoms with Crippen LogP contribution in [0.2, 0.25) is 0 Å². The van der Waals surface area contributed by atoms with Crippen LogP contribution >= 0.6 is 0 Å². The summed E-state index contributed by atoms with van der Waals surface area (Å²) in [5, 5.41) is 9.40. The van der Waals surface area contributed by atoms with Crippen molar-refractivity contribution in [2.45, 2.75) is 44.2 Å². The fourth-order valence-corrected chi connectivity index (χ4v) is 4.52. The maximum Gasteiger partial charge on any atom is 0.267 e. The monoisotopic (exact) mass is 418 g/mol. The zero-order valence-corrected chi connectivity index (χ0v) is 16.8. The van der Waals surface area contributed by atoms with Crippen LogP contribution in [0.4, 0.5) is 13.2 Å². The molecule has 4 nitrogen and oxygen atoms in total. The Morgan fingerprint density at radius 2 is 1.83 bits per heavy atom. The molecular weight excluding hydrogens is 393 g/mol. The van der Waals surface area contributed by atoms with E-state index in [1.807, 2.05) is 0 Å². The highest BCUT2D eigenvalue weighted by molar-refractivity contribution is 5.84. The molecule has 0 unspecified atom stereocenters. The van der Waals surface area contributed by atoms with E-state index in [2.05, 4.69) is 0 Å². The summed E-state index contributed by atoms with van der Waals surface area (Å²) >= 11 is 0. The fraction of sp³-hybridized carbons (Fsp3) is 0.435. The van der Waals surface area contributed by atoms with Crippen LogP contribution in [-0.4, -0.2) is 52.4 Å². The lowest BCUT2D eigenvalue weighted by Crippen LogP contribution is -2.53. The Morgan fingerprint density at radius 3 is 2.50 bits per heavy atom. The lowest BCUT2D eigenvalue weighted by atomic mass is 9.85. The van der Waals surface area contributed by atoms with Crippen molar-refractivity contribution in [3.63, 3.8) is 0 Å². The predicted octanol–water partition coefficient (Wildman–Crippen LogP) is 4.07. The van der Waals surface area contributed by atoms with E-state index in [9.17, 15) is 23.1 Å². The van der Waals surface area contributed by atoms with E-state index in [4.69, 9.17) is 0 Å². The first kappa shape index (κ1) is 20.7. The minimum Gasteiger partial charge on any atom is -0.508 e. The molecule has 2 heterocycles. The summed E-state index contributed by atoms with van der Waals surface area (Å²) in [6.45, 7) is 2.37. The van der Waals surface area contributed by atoms with Crippen molar-refractivity contribution in [2.75, 3.05) is 19.6 Å². The molecule has 2 aliphatic heterocycles. The van der Waals surface area contributed by atoms with E-state index in [1.165, 1.54) is 30.3 Å². The molecular formula is C23H25F3N2O2. The Morgan fingerprint density at radius 1 is 1.10 bits per heavy atom. The van der Waals surface area contributed by atoms with Gasteiger partial charge >= 0.3 is 0 Å². The maximum atomic E-state index is 14.9. The zero-order valence-electron chi connectivity index (χ0n) is 16.8. The highest BCUT2D eigenvalue weighted by atomic mass is 19.3. The van der Waals surface area contributed by atoms with Gasteiger partial charge in [0.25, 0.3) is 5.92 Å². The summed E-state index contributed by atoms with van der Waals surface area (Å²) in [5.74, 6) is -4.34. The third kappa shape index (κ3) is 4.03. The first-order chi connectivity index (χ1) is 14.2. The number of rotatable bonds is 4. The van der Waals surface area contributed by atoms with Crippen LogP contribution in [-0.2, 0) is 11.3 Å². The molecule has 2 atom stereocenters. The van der Waals surface area contributed by atoms with Gasteiger partial charge in [0.05, 0.1) is 18.5 Å². The number of amides is 1. The minimum atomic E-state index is -2.97. The second-order valence-electron chi connectivity index (χ2n) is 8.31. The zero-order chi connectivity index (χ0) is 21.5. The van der Waals surface area contributed by atoms with Gasteiger partial charge in [-0.1, -0.05) is 24.3 Å². The van der Waals surface area contributed by atoms with Crippen LogP contribution in [0, 0.1) is 12.7 Å². The van der Waals surface area contributed by atoms with Crippen molar-refractivity contribution in [3.05, 3.63) is 65.0 Å². The summed E-state index contributed by atoms with van der Waals surface area (Å²) in [4.78, 5) is 16.1. The number of likely N-dealkylation sites (tertiary alicyclic amines) is 2. The molecule has 0 aromatic heterocycles. The van der Waals surface area contributed by atoms with E-state index >= 15 is 0 Å². The van der Waals surface area contributed by atoms with E-state index in [-0.39, 0.29) is 30.4 Å². The number of halogens is 3. The van der Waals surface area contributed by atoms with Crippen LogP contribution in [0.5, 0.6) is 5.75 Å². The normalized spacial score (nSPS) is 24.4. The number of phenolic OH excluding ortho intramolecular Hbond substituents is 1. The summed E-state index contributed by atoms with van der Waals surface area (Å²) in [5.41, 5.74) is 1.74. The molecule has 2 aliphatic rings. The Balaban J connectivity index is 1.42. The van der Waals surface area contributed by atoms with Crippen molar-refractivity contribution in [1.29, 1.82) is 0 Å². The van der Waals surface area contributed by atoms with Gasteiger partial charge < -0.3 is 10.0 Å².